The fourth-order valence-electron chi connectivity index (χ4n) is 2.56. The summed E-state index contributed by atoms with van der Waals surface area (Å²) in [4.78, 5) is 10.8. The van der Waals surface area contributed by atoms with Crippen molar-refractivity contribution in [1.29, 1.82) is 0 Å². The molecule has 0 fully saturated rings. The smallest absolute Gasteiger partial charge is 0.138 e. The van der Waals surface area contributed by atoms with Gasteiger partial charge in [0.05, 0.1) is 13.3 Å². The minimum Gasteiger partial charge on any atom is -0.495 e. The number of aromatic amines is 2. The number of hydrogen-bond acceptors (Lipinski definition) is 2. The number of fused-ring (bicyclic) bond motifs is 2. The average molecular weight is 263 g/mol. The van der Waals surface area contributed by atoms with Crippen LogP contribution in [-0.4, -0.2) is 22.1 Å². The minimum atomic E-state index is 0.765. The maximum absolute atomic E-state index is 5.26. The lowest BCUT2D eigenvalue weighted by Crippen LogP contribution is -1.84. The Morgan fingerprint density at radius 1 is 1.10 bits per heavy atom. The SMILES string of the molecule is COc1cnc2[nH]cc(-c3ccc4[nH]ccc4c3)c2c1. The molecule has 4 rings (SSSR count). The van der Waals surface area contributed by atoms with Gasteiger partial charge in [-0.3, -0.25) is 0 Å². The van der Waals surface area contributed by atoms with E-state index in [4.69, 9.17) is 4.74 Å². The van der Waals surface area contributed by atoms with E-state index >= 15 is 0 Å². The molecule has 98 valence electrons. The highest BCUT2D eigenvalue weighted by molar-refractivity contribution is 5.96. The number of aromatic nitrogens is 3. The summed E-state index contributed by atoms with van der Waals surface area (Å²) in [6, 6.07) is 10.5. The van der Waals surface area contributed by atoms with E-state index in [9.17, 15) is 0 Å². The number of ether oxygens (including phenoxy) is 1. The highest BCUT2D eigenvalue weighted by Gasteiger charge is 2.09. The molecule has 2 N–H and O–H groups in total. The van der Waals surface area contributed by atoms with Gasteiger partial charge < -0.3 is 14.7 Å². The van der Waals surface area contributed by atoms with Gasteiger partial charge in [-0.1, -0.05) is 6.07 Å². The number of benzene rings is 1. The first-order chi connectivity index (χ1) is 9.85. The van der Waals surface area contributed by atoms with E-state index in [0.29, 0.717) is 0 Å². The topological polar surface area (TPSA) is 53.7 Å². The van der Waals surface area contributed by atoms with Crippen molar-refractivity contribution in [1.82, 2.24) is 15.0 Å². The average Bonchev–Trinajstić information content (AvgIpc) is 3.11. The molecule has 4 heteroatoms. The summed E-state index contributed by atoms with van der Waals surface area (Å²) in [5, 5.41) is 2.27. The van der Waals surface area contributed by atoms with Crippen LogP contribution < -0.4 is 4.74 Å². The van der Waals surface area contributed by atoms with E-state index in [1.165, 1.54) is 10.9 Å². The highest BCUT2D eigenvalue weighted by Crippen LogP contribution is 2.31. The van der Waals surface area contributed by atoms with E-state index in [-0.39, 0.29) is 0 Å². The molecule has 0 spiro atoms. The molecule has 20 heavy (non-hydrogen) atoms. The molecule has 0 bridgehead atoms. The van der Waals surface area contributed by atoms with Crippen molar-refractivity contribution in [3.8, 4) is 16.9 Å². The van der Waals surface area contributed by atoms with Gasteiger partial charge in [0.1, 0.15) is 11.4 Å². The molecule has 0 saturated carbocycles. The fourth-order valence-corrected chi connectivity index (χ4v) is 2.56. The molecule has 0 aliphatic rings. The van der Waals surface area contributed by atoms with Crippen molar-refractivity contribution in [2.24, 2.45) is 0 Å². The van der Waals surface area contributed by atoms with Crippen LogP contribution in [0.25, 0.3) is 33.1 Å². The largest absolute Gasteiger partial charge is 0.495 e. The van der Waals surface area contributed by atoms with E-state index in [1.807, 2.05) is 18.5 Å². The first-order valence-corrected chi connectivity index (χ1v) is 6.44. The molecule has 4 aromatic rings. The van der Waals surface area contributed by atoms with Gasteiger partial charge in [-0.05, 0) is 35.2 Å². The predicted molar refractivity (Wildman–Crippen MR) is 79.9 cm³/mol. The maximum atomic E-state index is 5.26. The van der Waals surface area contributed by atoms with Crippen LogP contribution in [0.15, 0.2) is 48.9 Å². The summed E-state index contributed by atoms with van der Waals surface area (Å²) < 4.78 is 5.26. The zero-order valence-corrected chi connectivity index (χ0v) is 11.0. The molecule has 0 saturated heterocycles. The summed E-state index contributed by atoms with van der Waals surface area (Å²) in [5.74, 6) is 0.765. The molecule has 3 heterocycles. The molecule has 4 nitrogen and oxygen atoms in total. The third-order valence-corrected chi connectivity index (χ3v) is 3.61. The standard InChI is InChI=1S/C16H13N3O/c1-20-12-7-13-14(9-19-16(13)18-8-12)10-2-3-15-11(6-10)4-5-17-15/h2-9,17H,1H3,(H,18,19). The first-order valence-electron chi connectivity index (χ1n) is 6.44. The Bertz CT molecular complexity index is 904. The van der Waals surface area contributed by atoms with Gasteiger partial charge in [-0.15, -0.1) is 0 Å². The Morgan fingerprint density at radius 3 is 2.95 bits per heavy atom. The molecule has 1 aromatic carbocycles. The maximum Gasteiger partial charge on any atom is 0.138 e. The Morgan fingerprint density at radius 2 is 2.05 bits per heavy atom. The van der Waals surface area contributed by atoms with E-state index in [1.54, 1.807) is 13.3 Å². The van der Waals surface area contributed by atoms with Crippen LogP contribution in [0.2, 0.25) is 0 Å². The van der Waals surface area contributed by atoms with E-state index < -0.39 is 0 Å². The monoisotopic (exact) mass is 263 g/mol. The third-order valence-electron chi connectivity index (χ3n) is 3.61. The molecular weight excluding hydrogens is 250 g/mol. The van der Waals surface area contributed by atoms with Crippen LogP contribution in [-0.2, 0) is 0 Å². The molecule has 0 unspecified atom stereocenters. The molecule has 0 aliphatic carbocycles. The van der Waals surface area contributed by atoms with E-state index in [2.05, 4.69) is 39.2 Å². The summed E-state index contributed by atoms with van der Waals surface area (Å²) in [7, 11) is 1.65. The minimum absolute atomic E-state index is 0.765. The normalized spacial score (nSPS) is 11.2. The molecular formula is C16H13N3O. The van der Waals surface area contributed by atoms with Gasteiger partial charge in [0.2, 0.25) is 0 Å². The van der Waals surface area contributed by atoms with Crippen LogP contribution >= 0.6 is 0 Å². The lowest BCUT2D eigenvalue weighted by Gasteiger charge is -2.02. The molecule has 0 amide bonds. The fraction of sp³-hybridized carbons (Fsp3) is 0.0625. The Kier molecular flexibility index (Phi) is 2.29. The van der Waals surface area contributed by atoms with E-state index in [0.717, 1.165) is 27.9 Å². The van der Waals surface area contributed by atoms with Gasteiger partial charge in [0, 0.05) is 28.9 Å². The lowest BCUT2D eigenvalue weighted by atomic mass is 10.0. The zero-order valence-electron chi connectivity index (χ0n) is 11.0. The van der Waals surface area contributed by atoms with Gasteiger partial charge in [-0.2, -0.15) is 0 Å². The van der Waals surface area contributed by atoms with Crippen molar-refractivity contribution < 1.29 is 4.74 Å². The Balaban J connectivity index is 1.96. The van der Waals surface area contributed by atoms with Crippen molar-refractivity contribution in [2.75, 3.05) is 7.11 Å². The number of hydrogen-bond donors (Lipinski definition) is 2. The number of nitrogens with one attached hydrogen (secondary N) is 2. The van der Waals surface area contributed by atoms with Gasteiger partial charge in [0.25, 0.3) is 0 Å². The number of H-pyrrole nitrogens is 2. The van der Waals surface area contributed by atoms with Crippen molar-refractivity contribution in [3.63, 3.8) is 0 Å². The number of rotatable bonds is 2. The van der Waals surface area contributed by atoms with Crippen LogP contribution in [0, 0.1) is 0 Å². The number of nitrogens with zero attached hydrogens (tertiary/aromatic N) is 1. The second kappa shape index (κ2) is 4.13. The van der Waals surface area contributed by atoms with Gasteiger partial charge in [0.15, 0.2) is 0 Å². The molecule has 3 aromatic heterocycles. The Hall–Kier alpha value is -2.75. The van der Waals surface area contributed by atoms with Crippen LogP contribution in [0.3, 0.4) is 0 Å². The van der Waals surface area contributed by atoms with Crippen molar-refractivity contribution >= 4 is 21.9 Å². The van der Waals surface area contributed by atoms with Crippen molar-refractivity contribution in [2.45, 2.75) is 0 Å². The summed E-state index contributed by atoms with van der Waals surface area (Å²) in [6.45, 7) is 0. The third kappa shape index (κ3) is 1.58. The zero-order chi connectivity index (χ0) is 13.5. The Labute approximate surface area is 115 Å². The lowest BCUT2D eigenvalue weighted by molar-refractivity contribution is 0.414. The predicted octanol–water partition coefficient (Wildman–Crippen LogP) is 3.72. The van der Waals surface area contributed by atoms with Crippen LogP contribution in [0.1, 0.15) is 0 Å². The van der Waals surface area contributed by atoms with Gasteiger partial charge >= 0.3 is 0 Å². The molecule has 0 radical (unpaired) electrons. The molecule has 0 aliphatic heterocycles. The number of pyridine rings is 1. The second-order valence-corrected chi connectivity index (χ2v) is 4.75. The number of methoxy groups -OCH3 is 1. The summed E-state index contributed by atoms with van der Waals surface area (Å²) in [6.07, 6.45) is 5.66. The van der Waals surface area contributed by atoms with Crippen LogP contribution in [0.4, 0.5) is 0 Å². The molecule has 0 atom stereocenters. The van der Waals surface area contributed by atoms with Crippen molar-refractivity contribution in [3.05, 3.63) is 48.9 Å². The highest BCUT2D eigenvalue weighted by atomic mass is 16.5. The quantitative estimate of drug-likeness (QED) is 0.579. The van der Waals surface area contributed by atoms with Crippen LogP contribution in [0.5, 0.6) is 5.75 Å². The van der Waals surface area contributed by atoms with Gasteiger partial charge in [-0.25, -0.2) is 4.98 Å². The second-order valence-electron chi connectivity index (χ2n) is 4.75. The first kappa shape index (κ1) is 11.1. The summed E-state index contributed by atoms with van der Waals surface area (Å²) >= 11 is 0. The summed E-state index contributed by atoms with van der Waals surface area (Å²) in [5.41, 5.74) is 4.31.